The van der Waals surface area contributed by atoms with E-state index < -0.39 is 0 Å². The summed E-state index contributed by atoms with van der Waals surface area (Å²) in [5.41, 5.74) is 0. The predicted molar refractivity (Wildman–Crippen MR) is 81.3 cm³/mol. The summed E-state index contributed by atoms with van der Waals surface area (Å²) in [5, 5.41) is 6.51. The second-order valence-corrected chi connectivity index (χ2v) is 5.71. The van der Waals surface area contributed by atoms with E-state index in [0.29, 0.717) is 12.0 Å². The maximum atomic E-state index is 4.62. The molecule has 2 aliphatic rings. The van der Waals surface area contributed by atoms with Crippen LogP contribution in [0.2, 0.25) is 0 Å². The number of anilines is 3. The van der Waals surface area contributed by atoms with Gasteiger partial charge in [-0.15, -0.1) is 0 Å². The van der Waals surface area contributed by atoms with Gasteiger partial charge in [0.25, 0.3) is 0 Å². The summed E-state index contributed by atoms with van der Waals surface area (Å²) in [6.07, 6.45) is 8.83. The van der Waals surface area contributed by atoms with Gasteiger partial charge in [-0.2, -0.15) is 15.0 Å². The molecule has 2 heterocycles. The molecular weight excluding hydrogens is 252 g/mol. The highest BCUT2D eigenvalue weighted by molar-refractivity contribution is 5.44. The lowest BCUT2D eigenvalue weighted by Gasteiger charge is -2.27. The van der Waals surface area contributed by atoms with Gasteiger partial charge in [0, 0.05) is 26.2 Å². The minimum absolute atomic E-state index is 0.524. The van der Waals surface area contributed by atoms with Gasteiger partial charge in [-0.1, -0.05) is 12.8 Å². The van der Waals surface area contributed by atoms with Crippen molar-refractivity contribution in [2.75, 3.05) is 35.7 Å². The van der Waals surface area contributed by atoms with Crippen LogP contribution in [0.15, 0.2) is 0 Å². The van der Waals surface area contributed by atoms with Crippen molar-refractivity contribution < 1.29 is 0 Å². The maximum absolute atomic E-state index is 4.62. The van der Waals surface area contributed by atoms with Crippen LogP contribution in [-0.2, 0) is 0 Å². The van der Waals surface area contributed by atoms with Crippen LogP contribution in [0.5, 0.6) is 0 Å². The highest BCUT2D eigenvalue weighted by Crippen LogP contribution is 2.23. The highest BCUT2D eigenvalue weighted by Gasteiger charge is 2.19. The molecule has 110 valence electrons. The predicted octanol–water partition coefficient (Wildman–Crippen LogP) is 2.26. The molecule has 1 aliphatic heterocycles. The smallest absolute Gasteiger partial charge is 0.231 e. The summed E-state index contributed by atoms with van der Waals surface area (Å²) in [6, 6.07) is 0.524. The number of nitrogens with one attached hydrogen (secondary N) is 2. The van der Waals surface area contributed by atoms with Crippen molar-refractivity contribution in [1.82, 2.24) is 15.0 Å². The van der Waals surface area contributed by atoms with Gasteiger partial charge < -0.3 is 15.5 Å². The summed E-state index contributed by atoms with van der Waals surface area (Å²) in [6.45, 7) is 2.10. The molecule has 6 heteroatoms. The first-order valence-corrected chi connectivity index (χ1v) is 7.80. The monoisotopic (exact) mass is 276 g/mol. The van der Waals surface area contributed by atoms with Crippen molar-refractivity contribution in [3.8, 4) is 0 Å². The summed E-state index contributed by atoms with van der Waals surface area (Å²) in [5.74, 6) is 2.18. The SMILES string of the molecule is CNc1nc(NC2CCCC2)nc(N2CCCCC2)n1. The average molecular weight is 276 g/mol. The molecule has 0 amide bonds. The lowest BCUT2D eigenvalue weighted by molar-refractivity contribution is 0.567. The fraction of sp³-hybridized carbons (Fsp3) is 0.786. The Morgan fingerprint density at radius 3 is 2.30 bits per heavy atom. The van der Waals surface area contributed by atoms with Gasteiger partial charge in [0.1, 0.15) is 0 Å². The molecule has 1 aliphatic carbocycles. The van der Waals surface area contributed by atoms with Crippen LogP contribution in [-0.4, -0.2) is 41.1 Å². The van der Waals surface area contributed by atoms with Gasteiger partial charge in [0.15, 0.2) is 0 Å². The first-order chi connectivity index (χ1) is 9.85. The van der Waals surface area contributed by atoms with Crippen LogP contribution < -0.4 is 15.5 Å². The number of hydrogen-bond donors (Lipinski definition) is 2. The summed E-state index contributed by atoms with van der Waals surface area (Å²) in [4.78, 5) is 15.8. The molecule has 0 spiro atoms. The first kappa shape index (κ1) is 13.4. The van der Waals surface area contributed by atoms with Gasteiger partial charge in [-0.25, -0.2) is 0 Å². The molecule has 0 atom stereocenters. The third kappa shape index (κ3) is 3.11. The Labute approximate surface area is 120 Å². The van der Waals surface area contributed by atoms with Crippen LogP contribution in [0.4, 0.5) is 17.8 Å². The Kier molecular flexibility index (Phi) is 4.18. The first-order valence-electron chi connectivity index (χ1n) is 7.80. The van der Waals surface area contributed by atoms with E-state index in [-0.39, 0.29) is 0 Å². The summed E-state index contributed by atoms with van der Waals surface area (Å²) < 4.78 is 0. The minimum Gasteiger partial charge on any atom is -0.357 e. The lowest BCUT2D eigenvalue weighted by atomic mass is 10.1. The fourth-order valence-electron chi connectivity index (χ4n) is 3.03. The van der Waals surface area contributed by atoms with Crippen molar-refractivity contribution in [2.24, 2.45) is 0 Å². The van der Waals surface area contributed by atoms with E-state index >= 15 is 0 Å². The van der Waals surface area contributed by atoms with Crippen LogP contribution in [0, 0.1) is 0 Å². The highest BCUT2D eigenvalue weighted by atomic mass is 15.3. The molecule has 1 aromatic heterocycles. The maximum Gasteiger partial charge on any atom is 0.231 e. The van der Waals surface area contributed by atoms with Crippen molar-refractivity contribution in [2.45, 2.75) is 51.0 Å². The van der Waals surface area contributed by atoms with Crippen molar-refractivity contribution >= 4 is 17.8 Å². The molecule has 3 rings (SSSR count). The third-order valence-corrected chi connectivity index (χ3v) is 4.17. The van der Waals surface area contributed by atoms with Crippen molar-refractivity contribution in [3.05, 3.63) is 0 Å². The fourth-order valence-corrected chi connectivity index (χ4v) is 3.03. The zero-order chi connectivity index (χ0) is 13.8. The van der Waals surface area contributed by atoms with Gasteiger partial charge in [-0.3, -0.25) is 0 Å². The number of aromatic nitrogens is 3. The summed E-state index contributed by atoms with van der Waals surface area (Å²) >= 11 is 0. The number of rotatable bonds is 4. The van der Waals surface area contributed by atoms with Gasteiger partial charge in [-0.05, 0) is 32.1 Å². The lowest BCUT2D eigenvalue weighted by Crippen LogP contribution is -2.31. The van der Waals surface area contributed by atoms with E-state index in [1.54, 1.807) is 0 Å². The molecule has 1 aromatic rings. The van der Waals surface area contributed by atoms with Crippen molar-refractivity contribution in [1.29, 1.82) is 0 Å². The molecule has 2 fully saturated rings. The Hall–Kier alpha value is -1.59. The second kappa shape index (κ2) is 6.24. The van der Waals surface area contributed by atoms with E-state index in [1.807, 2.05) is 7.05 Å². The Bertz CT molecular complexity index is 437. The van der Waals surface area contributed by atoms with E-state index in [9.17, 15) is 0 Å². The Morgan fingerprint density at radius 1 is 0.900 bits per heavy atom. The van der Waals surface area contributed by atoms with Crippen LogP contribution >= 0.6 is 0 Å². The molecule has 20 heavy (non-hydrogen) atoms. The van der Waals surface area contributed by atoms with Crippen molar-refractivity contribution in [3.63, 3.8) is 0 Å². The molecular formula is C14H24N6. The molecule has 0 unspecified atom stereocenters. The van der Waals surface area contributed by atoms with E-state index in [2.05, 4.69) is 30.5 Å². The van der Waals surface area contributed by atoms with Crippen LogP contribution in [0.25, 0.3) is 0 Å². The number of hydrogen-bond acceptors (Lipinski definition) is 6. The quantitative estimate of drug-likeness (QED) is 0.879. The average Bonchev–Trinajstić information content (AvgIpc) is 3.00. The van der Waals surface area contributed by atoms with Gasteiger partial charge in [0.2, 0.25) is 17.8 Å². The molecule has 0 radical (unpaired) electrons. The third-order valence-electron chi connectivity index (χ3n) is 4.17. The van der Waals surface area contributed by atoms with Gasteiger partial charge in [0.05, 0.1) is 0 Å². The number of piperidine rings is 1. The second-order valence-electron chi connectivity index (χ2n) is 5.71. The summed E-state index contributed by atoms with van der Waals surface area (Å²) in [7, 11) is 1.86. The van der Waals surface area contributed by atoms with Crippen LogP contribution in [0.1, 0.15) is 44.9 Å². The standard InChI is InChI=1S/C14H24N6/c1-15-12-17-13(16-11-7-3-4-8-11)19-14(18-12)20-9-5-2-6-10-20/h11H,2-10H2,1H3,(H2,15,16,17,18,19). The Morgan fingerprint density at radius 2 is 1.60 bits per heavy atom. The normalized spacial score (nSPS) is 20.1. The molecule has 2 N–H and O–H groups in total. The minimum atomic E-state index is 0.524. The molecule has 1 saturated heterocycles. The van der Waals surface area contributed by atoms with E-state index in [4.69, 9.17) is 0 Å². The zero-order valence-corrected chi connectivity index (χ0v) is 12.2. The largest absolute Gasteiger partial charge is 0.357 e. The number of nitrogens with zero attached hydrogens (tertiary/aromatic N) is 4. The van der Waals surface area contributed by atoms with E-state index in [1.165, 1.54) is 44.9 Å². The zero-order valence-electron chi connectivity index (χ0n) is 12.2. The molecule has 1 saturated carbocycles. The molecule has 0 bridgehead atoms. The van der Waals surface area contributed by atoms with E-state index in [0.717, 1.165) is 25.0 Å². The molecule has 6 nitrogen and oxygen atoms in total. The molecule has 0 aromatic carbocycles. The van der Waals surface area contributed by atoms with Crippen LogP contribution in [0.3, 0.4) is 0 Å². The van der Waals surface area contributed by atoms with Gasteiger partial charge >= 0.3 is 0 Å². The Balaban J connectivity index is 1.77. The topological polar surface area (TPSA) is 66.0 Å².